The first-order valence-corrected chi connectivity index (χ1v) is 8.49. The zero-order chi connectivity index (χ0) is 16.8. The molecule has 0 saturated carbocycles. The normalized spacial score (nSPS) is 11.2. The molecular formula is C20H16BrN3. The van der Waals surface area contributed by atoms with E-state index in [9.17, 15) is 0 Å². The average Bonchev–Trinajstić information content (AvgIpc) is 2.59. The van der Waals surface area contributed by atoms with Crippen LogP contribution in [-0.4, -0.2) is 4.98 Å². The molecule has 0 radical (unpaired) electrons. The molecule has 4 heteroatoms. The van der Waals surface area contributed by atoms with Gasteiger partial charge in [-0.15, -0.1) is 0 Å². The molecule has 24 heavy (non-hydrogen) atoms. The maximum Gasteiger partial charge on any atom is 0.0808 e. The predicted molar refractivity (Wildman–Crippen MR) is 106 cm³/mol. The maximum absolute atomic E-state index is 6.33. The van der Waals surface area contributed by atoms with E-state index < -0.39 is 0 Å². The van der Waals surface area contributed by atoms with E-state index in [0.29, 0.717) is 11.4 Å². The van der Waals surface area contributed by atoms with Gasteiger partial charge in [0.2, 0.25) is 0 Å². The van der Waals surface area contributed by atoms with Crippen LogP contribution in [0.3, 0.4) is 0 Å². The van der Waals surface area contributed by atoms with Crippen LogP contribution >= 0.6 is 15.9 Å². The molecule has 0 aliphatic heterocycles. The van der Waals surface area contributed by atoms with Crippen molar-refractivity contribution in [3.8, 4) is 11.3 Å². The third-order valence-electron chi connectivity index (χ3n) is 4.33. The van der Waals surface area contributed by atoms with Crippen LogP contribution in [0.25, 0.3) is 32.9 Å². The third kappa shape index (κ3) is 2.14. The van der Waals surface area contributed by atoms with Gasteiger partial charge in [0.15, 0.2) is 0 Å². The first kappa shape index (κ1) is 15.0. The molecule has 3 aromatic carbocycles. The Labute approximate surface area is 148 Å². The summed E-state index contributed by atoms with van der Waals surface area (Å²) in [5.41, 5.74) is 17.8. The first-order valence-electron chi connectivity index (χ1n) is 7.70. The number of rotatable bonds is 1. The van der Waals surface area contributed by atoms with Crippen LogP contribution in [-0.2, 0) is 0 Å². The second-order valence-corrected chi connectivity index (χ2v) is 6.71. The van der Waals surface area contributed by atoms with Crippen molar-refractivity contribution in [2.75, 3.05) is 11.5 Å². The minimum absolute atomic E-state index is 0.706. The SMILES string of the molecule is Cc1cc(N)c(Br)c2c1nc(-c1ccccc1)c1c(N)cccc12. The van der Waals surface area contributed by atoms with Crippen molar-refractivity contribution in [2.24, 2.45) is 0 Å². The fraction of sp³-hybridized carbons (Fsp3) is 0.0500. The number of hydrogen-bond donors (Lipinski definition) is 2. The van der Waals surface area contributed by atoms with Crippen LogP contribution < -0.4 is 11.5 Å². The van der Waals surface area contributed by atoms with Gasteiger partial charge in [0, 0.05) is 27.7 Å². The van der Waals surface area contributed by atoms with Gasteiger partial charge in [0.25, 0.3) is 0 Å². The molecular weight excluding hydrogens is 362 g/mol. The summed E-state index contributed by atoms with van der Waals surface area (Å²) in [4.78, 5) is 4.97. The lowest BCUT2D eigenvalue weighted by atomic mass is 9.97. The molecule has 4 aromatic rings. The number of pyridine rings is 1. The monoisotopic (exact) mass is 377 g/mol. The fourth-order valence-electron chi connectivity index (χ4n) is 3.22. The number of aromatic nitrogens is 1. The van der Waals surface area contributed by atoms with E-state index >= 15 is 0 Å². The highest BCUT2D eigenvalue weighted by atomic mass is 79.9. The van der Waals surface area contributed by atoms with Gasteiger partial charge in [0.1, 0.15) is 0 Å². The summed E-state index contributed by atoms with van der Waals surface area (Å²) in [6.07, 6.45) is 0. The van der Waals surface area contributed by atoms with Gasteiger partial charge < -0.3 is 11.5 Å². The Hall–Kier alpha value is -2.59. The number of anilines is 2. The third-order valence-corrected chi connectivity index (χ3v) is 5.18. The van der Waals surface area contributed by atoms with Crippen molar-refractivity contribution < 1.29 is 0 Å². The van der Waals surface area contributed by atoms with Gasteiger partial charge in [-0.05, 0) is 45.9 Å². The zero-order valence-electron chi connectivity index (χ0n) is 13.2. The average molecular weight is 378 g/mol. The summed E-state index contributed by atoms with van der Waals surface area (Å²) >= 11 is 3.64. The van der Waals surface area contributed by atoms with Crippen LogP contribution in [0.5, 0.6) is 0 Å². The number of halogens is 1. The number of nitrogens with zero attached hydrogens (tertiary/aromatic N) is 1. The summed E-state index contributed by atoms with van der Waals surface area (Å²) in [5, 5.41) is 3.03. The minimum Gasteiger partial charge on any atom is -0.398 e. The summed E-state index contributed by atoms with van der Waals surface area (Å²) in [6, 6.07) is 18.0. The molecule has 0 aliphatic rings. The van der Waals surface area contributed by atoms with Crippen LogP contribution in [0.2, 0.25) is 0 Å². The largest absolute Gasteiger partial charge is 0.398 e. The minimum atomic E-state index is 0.706. The first-order chi connectivity index (χ1) is 11.6. The number of hydrogen-bond acceptors (Lipinski definition) is 3. The van der Waals surface area contributed by atoms with Crippen LogP contribution in [0.15, 0.2) is 59.1 Å². The highest BCUT2D eigenvalue weighted by molar-refractivity contribution is 9.10. The molecule has 0 unspecified atom stereocenters. The molecule has 0 bridgehead atoms. The van der Waals surface area contributed by atoms with E-state index in [0.717, 1.165) is 43.0 Å². The maximum atomic E-state index is 6.33. The lowest BCUT2D eigenvalue weighted by Gasteiger charge is -2.15. The van der Waals surface area contributed by atoms with Crippen LogP contribution in [0.1, 0.15) is 5.56 Å². The Morgan fingerprint density at radius 1 is 0.875 bits per heavy atom. The lowest BCUT2D eigenvalue weighted by Crippen LogP contribution is -1.98. The van der Waals surface area contributed by atoms with Crippen molar-refractivity contribution in [3.63, 3.8) is 0 Å². The number of nitrogen functional groups attached to an aromatic ring is 2. The van der Waals surface area contributed by atoms with Gasteiger partial charge in [-0.1, -0.05) is 42.5 Å². The zero-order valence-corrected chi connectivity index (χ0v) is 14.8. The van der Waals surface area contributed by atoms with E-state index in [2.05, 4.69) is 34.1 Å². The number of fused-ring (bicyclic) bond motifs is 3. The Kier molecular flexibility index (Phi) is 3.43. The van der Waals surface area contributed by atoms with Gasteiger partial charge >= 0.3 is 0 Å². The van der Waals surface area contributed by atoms with E-state index in [1.54, 1.807) is 0 Å². The van der Waals surface area contributed by atoms with Crippen molar-refractivity contribution in [1.29, 1.82) is 0 Å². The molecule has 1 aromatic heterocycles. The fourth-order valence-corrected chi connectivity index (χ4v) is 3.73. The topological polar surface area (TPSA) is 64.9 Å². The van der Waals surface area contributed by atoms with E-state index in [-0.39, 0.29) is 0 Å². The van der Waals surface area contributed by atoms with Crippen LogP contribution in [0.4, 0.5) is 11.4 Å². The Morgan fingerprint density at radius 3 is 2.38 bits per heavy atom. The Bertz CT molecular complexity index is 1090. The molecule has 0 atom stereocenters. The number of aryl methyl sites for hydroxylation is 1. The smallest absolute Gasteiger partial charge is 0.0808 e. The van der Waals surface area contributed by atoms with E-state index in [1.807, 2.05) is 43.3 Å². The lowest BCUT2D eigenvalue weighted by molar-refractivity contribution is 1.38. The van der Waals surface area contributed by atoms with Crippen molar-refractivity contribution in [3.05, 3.63) is 64.6 Å². The highest BCUT2D eigenvalue weighted by Gasteiger charge is 2.17. The van der Waals surface area contributed by atoms with Gasteiger partial charge in [-0.25, -0.2) is 4.98 Å². The quantitative estimate of drug-likeness (QED) is 0.349. The standard InChI is InChI=1S/C20H16BrN3/c1-11-10-15(23)18(21)17-13-8-5-9-14(22)16(13)20(24-19(11)17)12-6-3-2-4-7-12/h2-10H,22-23H2,1H3. The summed E-state index contributed by atoms with van der Waals surface area (Å²) < 4.78 is 0.866. The molecule has 1 heterocycles. The Morgan fingerprint density at radius 2 is 1.62 bits per heavy atom. The number of benzene rings is 3. The molecule has 118 valence electrons. The van der Waals surface area contributed by atoms with Crippen molar-refractivity contribution >= 4 is 49.0 Å². The summed E-state index contributed by atoms with van der Waals surface area (Å²) in [6.45, 7) is 2.03. The van der Waals surface area contributed by atoms with Gasteiger partial charge in [0.05, 0.1) is 15.7 Å². The number of nitrogens with two attached hydrogens (primary N) is 2. The summed E-state index contributed by atoms with van der Waals surface area (Å²) in [7, 11) is 0. The van der Waals surface area contributed by atoms with Gasteiger partial charge in [-0.2, -0.15) is 0 Å². The van der Waals surface area contributed by atoms with Gasteiger partial charge in [-0.3, -0.25) is 0 Å². The molecule has 0 amide bonds. The molecule has 4 rings (SSSR count). The van der Waals surface area contributed by atoms with Crippen molar-refractivity contribution in [1.82, 2.24) is 4.98 Å². The molecule has 0 aliphatic carbocycles. The molecule has 0 fully saturated rings. The molecule has 0 spiro atoms. The van der Waals surface area contributed by atoms with Crippen molar-refractivity contribution in [2.45, 2.75) is 6.92 Å². The van der Waals surface area contributed by atoms with Crippen LogP contribution in [0, 0.1) is 6.92 Å². The molecule has 0 saturated heterocycles. The highest BCUT2D eigenvalue weighted by Crippen LogP contribution is 2.41. The predicted octanol–water partition coefficient (Wildman–Crippen LogP) is 5.29. The summed E-state index contributed by atoms with van der Waals surface area (Å²) in [5.74, 6) is 0. The second kappa shape index (κ2) is 5.49. The molecule has 4 N–H and O–H groups in total. The van der Waals surface area contributed by atoms with E-state index in [1.165, 1.54) is 0 Å². The van der Waals surface area contributed by atoms with E-state index in [4.69, 9.17) is 16.5 Å². The second-order valence-electron chi connectivity index (χ2n) is 5.92. The molecule has 3 nitrogen and oxygen atoms in total. The Balaban J connectivity index is 2.29.